The third-order valence-corrected chi connectivity index (χ3v) is 4.54. The Hall–Kier alpha value is -1.72. The first-order valence-corrected chi connectivity index (χ1v) is 8.02. The normalized spacial score (nSPS) is 17.9. The summed E-state index contributed by atoms with van der Waals surface area (Å²) in [6.07, 6.45) is 1.51. The lowest BCUT2D eigenvalue weighted by Crippen LogP contribution is -2.33. The lowest BCUT2D eigenvalue weighted by Gasteiger charge is -2.12. The van der Waals surface area contributed by atoms with Crippen molar-refractivity contribution in [1.29, 1.82) is 0 Å². The number of benzene rings is 1. The number of carbonyl (C=O) groups is 1. The fourth-order valence-electron chi connectivity index (χ4n) is 2.44. The summed E-state index contributed by atoms with van der Waals surface area (Å²) in [6.45, 7) is 3.18. The zero-order valence-corrected chi connectivity index (χ0v) is 12.8. The lowest BCUT2D eigenvalue weighted by molar-refractivity contribution is -0.130. The van der Waals surface area contributed by atoms with Crippen molar-refractivity contribution >= 4 is 17.2 Å². The van der Waals surface area contributed by atoms with E-state index >= 15 is 0 Å². The maximum Gasteiger partial charge on any atom is 0.249 e. The molecule has 1 unspecified atom stereocenters. The minimum absolute atomic E-state index is 0.0161. The zero-order chi connectivity index (χ0) is 14.7. The van der Waals surface area contributed by atoms with Gasteiger partial charge in [0.25, 0.3) is 0 Å². The van der Waals surface area contributed by atoms with E-state index in [9.17, 15) is 4.79 Å². The zero-order valence-electron chi connectivity index (χ0n) is 12.0. The first-order valence-electron chi connectivity index (χ1n) is 7.14. The summed E-state index contributed by atoms with van der Waals surface area (Å²) in [6, 6.07) is 8.06. The Balaban J connectivity index is 1.72. The Kier molecular flexibility index (Phi) is 4.31. The van der Waals surface area contributed by atoms with Crippen LogP contribution in [-0.2, 0) is 16.1 Å². The minimum Gasteiger partial charge on any atom is -0.368 e. The maximum atomic E-state index is 12.0. The first kappa shape index (κ1) is 14.2. The van der Waals surface area contributed by atoms with Gasteiger partial charge in [0.05, 0.1) is 0 Å². The van der Waals surface area contributed by atoms with Gasteiger partial charge in [-0.2, -0.15) is 0 Å². The molecule has 3 rings (SSSR count). The molecule has 2 heterocycles. The lowest BCUT2D eigenvalue weighted by atomic mass is 10.1. The molecule has 1 amide bonds. The number of aryl methyl sites for hydroxylation is 1. The molecule has 21 heavy (non-hydrogen) atoms. The van der Waals surface area contributed by atoms with Gasteiger partial charge in [0, 0.05) is 29.8 Å². The van der Waals surface area contributed by atoms with E-state index in [1.54, 1.807) is 11.3 Å². The molecule has 1 atom stereocenters. The Labute approximate surface area is 128 Å². The molecule has 1 aliphatic heterocycles. The van der Waals surface area contributed by atoms with Crippen molar-refractivity contribution in [1.82, 2.24) is 10.3 Å². The summed E-state index contributed by atoms with van der Waals surface area (Å²) in [4.78, 5) is 16.5. The van der Waals surface area contributed by atoms with Crippen molar-refractivity contribution in [3.05, 3.63) is 40.9 Å². The molecule has 0 aliphatic carbocycles. The van der Waals surface area contributed by atoms with Crippen LogP contribution < -0.4 is 5.32 Å². The number of hydrogen-bond acceptors (Lipinski definition) is 4. The molecule has 0 saturated carbocycles. The van der Waals surface area contributed by atoms with Crippen molar-refractivity contribution in [2.24, 2.45) is 0 Å². The van der Waals surface area contributed by atoms with E-state index in [-0.39, 0.29) is 12.0 Å². The Morgan fingerprint density at radius 3 is 3.05 bits per heavy atom. The van der Waals surface area contributed by atoms with Crippen molar-refractivity contribution in [2.45, 2.75) is 32.4 Å². The molecule has 0 bridgehead atoms. The second-order valence-corrected chi connectivity index (χ2v) is 6.03. The number of rotatable bonds is 4. The quantitative estimate of drug-likeness (QED) is 0.945. The number of amides is 1. The molecule has 110 valence electrons. The predicted molar refractivity (Wildman–Crippen MR) is 83.1 cm³/mol. The third-order valence-electron chi connectivity index (χ3n) is 3.54. The number of ether oxygens (including phenoxy) is 1. The summed E-state index contributed by atoms with van der Waals surface area (Å²) in [5.41, 5.74) is 3.19. The number of thiazole rings is 1. The van der Waals surface area contributed by atoms with Gasteiger partial charge in [-0.15, -0.1) is 11.3 Å². The maximum absolute atomic E-state index is 12.0. The topological polar surface area (TPSA) is 51.2 Å². The van der Waals surface area contributed by atoms with Gasteiger partial charge in [-0.1, -0.05) is 24.3 Å². The van der Waals surface area contributed by atoms with E-state index in [4.69, 9.17) is 4.74 Å². The van der Waals surface area contributed by atoms with Crippen LogP contribution in [0.2, 0.25) is 0 Å². The average Bonchev–Trinajstić information content (AvgIpc) is 3.16. The van der Waals surface area contributed by atoms with Crippen molar-refractivity contribution < 1.29 is 9.53 Å². The largest absolute Gasteiger partial charge is 0.368 e. The number of aromatic nitrogens is 1. The van der Waals surface area contributed by atoms with Crippen LogP contribution in [0.1, 0.15) is 24.1 Å². The van der Waals surface area contributed by atoms with Crippen LogP contribution in [0.4, 0.5) is 0 Å². The molecular weight excluding hydrogens is 284 g/mol. The molecule has 0 spiro atoms. The number of carbonyl (C=O) groups excluding carboxylic acids is 1. The van der Waals surface area contributed by atoms with E-state index in [0.717, 1.165) is 34.7 Å². The second-order valence-electron chi connectivity index (χ2n) is 5.17. The second kappa shape index (κ2) is 6.37. The van der Waals surface area contributed by atoms with Gasteiger partial charge in [0.15, 0.2) is 0 Å². The summed E-state index contributed by atoms with van der Waals surface area (Å²) in [5.74, 6) is -0.0161. The van der Waals surface area contributed by atoms with Gasteiger partial charge in [0.2, 0.25) is 5.91 Å². The highest BCUT2D eigenvalue weighted by Crippen LogP contribution is 2.27. The predicted octanol–water partition coefficient (Wildman–Crippen LogP) is 2.91. The van der Waals surface area contributed by atoms with Crippen LogP contribution >= 0.6 is 11.3 Å². The van der Waals surface area contributed by atoms with Crippen LogP contribution in [0.5, 0.6) is 0 Å². The Bertz CT molecular complexity index is 633. The molecule has 0 radical (unpaired) electrons. The number of nitrogens with one attached hydrogen (secondary N) is 1. The third kappa shape index (κ3) is 3.31. The molecule has 4 nitrogen and oxygen atoms in total. The summed E-state index contributed by atoms with van der Waals surface area (Å²) < 4.78 is 5.40. The van der Waals surface area contributed by atoms with Crippen LogP contribution in [0.15, 0.2) is 29.6 Å². The van der Waals surface area contributed by atoms with E-state index in [1.165, 1.54) is 0 Å². The van der Waals surface area contributed by atoms with Crippen molar-refractivity contribution in [3.63, 3.8) is 0 Å². The molecule has 5 heteroatoms. The van der Waals surface area contributed by atoms with Gasteiger partial charge in [-0.3, -0.25) is 4.79 Å². The molecule has 1 aromatic heterocycles. The fraction of sp³-hybridized carbons (Fsp3) is 0.375. The smallest absolute Gasteiger partial charge is 0.249 e. The van der Waals surface area contributed by atoms with E-state index in [1.807, 2.05) is 36.6 Å². The Morgan fingerprint density at radius 2 is 2.33 bits per heavy atom. The van der Waals surface area contributed by atoms with Gasteiger partial charge in [-0.25, -0.2) is 4.98 Å². The number of nitrogens with zero attached hydrogens (tertiary/aromatic N) is 1. The highest BCUT2D eigenvalue weighted by atomic mass is 32.1. The molecular formula is C16H18N2O2S. The SMILES string of the molecule is Cc1csc(-c2ccccc2CNC(=O)C2CCCO2)n1. The first-order chi connectivity index (χ1) is 10.2. The summed E-state index contributed by atoms with van der Waals surface area (Å²) >= 11 is 1.63. The van der Waals surface area contributed by atoms with E-state index < -0.39 is 0 Å². The Morgan fingerprint density at radius 1 is 1.48 bits per heavy atom. The van der Waals surface area contributed by atoms with E-state index in [2.05, 4.69) is 10.3 Å². The van der Waals surface area contributed by atoms with Crippen molar-refractivity contribution in [2.75, 3.05) is 6.61 Å². The van der Waals surface area contributed by atoms with Crippen LogP contribution in [-0.4, -0.2) is 23.6 Å². The summed E-state index contributed by atoms with van der Waals surface area (Å²) in [5, 5.41) is 6.00. The average molecular weight is 302 g/mol. The molecule has 2 aromatic rings. The van der Waals surface area contributed by atoms with Gasteiger partial charge >= 0.3 is 0 Å². The minimum atomic E-state index is -0.278. The van der Waals surface area contributed by atoms with Crippen molar-refractivity contribution in [3.8, 4) is 10.6 Å². The highest BCUT2D eigenvalue weighted by Gasteiger charge is 2.23. The molecule has 1 saturated heterocycles. The monoisotopic (exact) mass is 302 g/mol. The van der Waals surface area contributed by atoms with Gasteiger partial charge < -0.3 is 10.1 Å². The molecule has 1 aromatic carbocycles. The number of hydrogen-bond donors (Lipinski definition) is 1. The standard InChI is InChI=1S/C16H18N2O2S/c1-11-10-21-16(18-11)13-6-3-2-5-12(13)9-17-15(19)14-7-4-8-20-14/h2-3,5-6,10,14H,4,7-9H2,1H3,(H,17,19). The summed E-state index contributed by atoms with van der Waals surface area (Å²) in [7, 11) is 0. The van der Waals surface area contributed by atoms with Crippen LogP contribution in [0.25, 0.3) is 10.6 Å². The van der Waals surface area contributed by atoms with Crippen LogP contribution in [0.3, 0.4) is 0 Å². The highest BCUT2D eigenvalue weighted by molar-refractivity contribution is 7.13. The molecule has 1 aliphatic rings. The van der Waals surface area contributed by atoms with Gasteiger partial charge in [-0.05, 0) is 25.3 Å². The van der Waals surface area contributed by atoms with E-state index in [0.29, 0.717) is 13.2 Å². The van der Waals surface area contributed by atoms with Gasteiger partial charge in [0.1, 0.15) is 11.1 Å². The molecule has 1 fully saturated rings. The fourth-order valence-corrected chi connectivity index (χ4v) is 3.30. The molecule has 1 N–H and O–H groups in total. The van der Waals surface area contributed by atoms with Crippen LogP contribution in [0, 0.1) is 6.92 Å².